The van der Waals surface area contributed by atoms with E-state index in [0.717, 1.165) is 9.87 Å². The smallest absolute Gasteiger partial charge is 0.301 e. The molecular formula is C10H15ClN2O3S. The lowest BCUT2D eigenvalue weighted by atomic mass is 10.2. The summed E-state index contributed by atoms with van der Waals surface area (Å²) in [5, 5.41) is 0.356. The second-order valence-electron chi connectivity index (χ2n) is 3.69. The number of hydrogen-bond acceptors (Lipinski definition) is 3. The molecule has 1 aromatic rings. The van der Waals surface area contributed by atoms with Crippen LogP contribution in [0.15, 0.2) is 12.1 Å². The van der Waals surface area contributed by atoms with Gasteiger partial charge >= 0.3 is 10.2 Å². The Morgan fingerprint density at radius 1 is 1.35 bits per heavy atom. The number of ether oxygens (including phenoxy) is 1. The number of nitrogens with one attached hydrogen (secondary N) is 1. The molecule has 0 fully saturated rings. The predicted octanol–water partition coefficient (Wildman–Crippen LogP) is 1.88. The van der Waals surface area contributed by atoms with Crippen LogP contribution in [-0.4, -0.2) is 33.9 Å². The van der Waals surface area contributed by atoms with Crippen molar-refractivity contribution in [1.82, 2.24) is 4.31 Å². The van der Waals surface area contributed by atoms with Crippen LogP contribution >= 0.6 is 11.6 Å². The van der Waals surface area contributed by atoms with Crippen LogP contribution in [0.5, 0.6) is 5.75 Å². The molecule has 96 valence electrons. The summed E-state index contributed by atoms with van der Waals surface area (Å²) >= 11 is 5.94. The van der Waals surface area contributed by atoms with Crippen molar-refractivity contribution in [3.8, 4) is 5.75 Å². The Balaban J connectivity index is 3.13. The summed E-state index contributed by atoms with van der Waals surface area (Å²) in [6, 6.07) is 3.20. The lowest BCUT2D eigenvalue weighted by Crippen LogP contribution is -2.29. The summed E-state index contributed by atoms with van der Waals surface area (Å²) in [4.78, 5) is 0. The van der Waals surface area contributed by atoms with Gasteiger partial charge in [0.15, 0.2) is 0 Å². The molecule has 0 radical (unpaired) electrons. The van der Waals surface area contributed by atoms with Crippen LogP contribution < -0.4 is 9.46 Å². The minimum Gasteiger partial charge on any atom is -0.495 e. The largest absolute Gasteiger partial charge is 0.495 e. The monoisotopic (exact) mass is 278 g/mol. The first-order chi connectivity index (χ1) is 7.77. The van der Waals surface area contributed by atoms with E-state index < -0.39 is 10.2 Å². The van der Waals surface area contributed by atoms with Gasteiger partial charge in [0.2, 0.25) is 0 Å². The molecule has 0 saturated heterocycles. The first kappa shape index (κ1) is 14.1. The summed E-state index contributed by atoms with van der Waals surface area (Å²) in [5.74, 6) is 0.511. The van der Waals surface area contributed by atoms with Gasteiger partial charge in [0.25, 0.3) is 0 Å². The average Bonchev–Trinajstić information content (AvgIpc) is 2.22. The molecule has 0 unspecified atom stereocenters. The van der Waals surface area contributed by atoms with E-state index >= 15 is 0 Å². The van der Waals surface area contributed by atoms with Crippen molar-refractivity contribution in [2.75, 3.05) is 25.9 Å². The van der Waals surface area contributed by atoms with Crippen LogP contribution in [0.2, 0.25) is 5.02 Å². The number of anilines is 1. The fraction of sp³-hybridized carbons (Fsp3) is 0.400. The highest BCUT2D eigenvalue weighted by molar-refractivity contribution is 7.90. The zero-order valence-electron chi connectivity index (χ0n) is 10.1. The van der Waals surface area contributed by atoms with Gasteiger partial charge < -0.3 is 4.74 Å². The van der Waals surface area contributed by atoms with Gasteiger partial charge in [-0.25, -0.2) is 0 Å². The fourth-order valence-corrected chi connectivity index (χ4v) is 2.07. The van der Waals surface area contributed by atoms with Crippen molar-refractivity contribution in [2.24, 2.45) is 0 Å². The van der Waals surface area contributed by atoms with Gasteiger partial charge in [0.05, 0.1) is 17.8 Å². The molecule has 0 heterocycles. The molecule has 17 heavy (non-hydrogen) atoms. The van der Waals surface area contributed by atoms with Crippen molar-refractivity contribution < 1.29 is 13.2 Å². The number of rotatable bonds is 4. The normalized spacial score (nSPS) is 11.6. The second kappa shape index (κ2) is 5.12. The summed E-state index contributed by atoms with van der Waals surface area (Å²) in [6.45, 7) is 1.77. The summed E-state index contributed by atoms with van der Waals surface area (Å²) in [6.07, 6.45) is 0. The van der Waals surface area contributed by atoms with Gasteiger partial charge in [-0.15, -0.1) is 0 Å². The van der Waals surface area contributed by atoms with E-state index in [0.29, 0.717) is 16.5 Å². The molecule has 0 aliphatic rings. The Kier molecular flexibility index (Phi) is 4.24. The molecular weight excluding hydrogens is 264 g/mol. The lowest BCUT2D eigenvalue weighted by Gasteiger charge is -2.16. The van der Waals surface area contributed by atoms with Gasteiger partial charge in [-0.2, -0.15) is 12.7 Å². The van der Waals surface area contributed by atoms with Crippen molar-refractivity contribution in [3.05, 3.63) is 22.7 Å². The Bertz CT molecular complexity index is 515. The van der Waals surface area contributed by atoms with Gasteiger partial charge in [-0.1, -0.05) is 11.6 Å². The Morgan fingerprint density at radius 2 is 1.94 bits per heavy atom. The van der Waals surface area contributed by atoms with Crippen molar-refractivity contribution in [1.29, 1.82) is 0 Å². The Labute approximate surface area is 107 Å². The van der Waals surface area contributed by atoms with E-state index in [1.807, 2.05) is 0 Å². The molecule has 0 saturated carbocycles. The number of hydrogen-bond donors (Lipinski definition) is 1. The van der Waals surface area contributed by atoms with Crippen LogP contribution in [0.1, 0.15) is 5.56 Å². The third kappa shape index (κ3) is 3.24. The van der Waals surface area contributed by atoms with Gasteiger partial charge in [0.1, 0.15) is 5.75 Å². The number of aryl methyl sites for hydroxylation is 1. The van der Waals surface area contributed by atoms with Gasteiger partial charge in [-0.05, 0) is 24.6 Å². The maximum Gasteiger partial charge on any atom is 0.301 e. The van der Waals surface area contributed by atoms with E-state index in [1.165, 1.54) is 27.3 Å². The van der Waals surface area contributed by atoms with E-state index in [4.69, 9.17) is 16.3 Å². The first-order valence-electron chi connectivity index (χ1n) is 4.82. The van der Waals surface area contributed by atoms with E-state index in [9.17, 15) is 8.42 Å². The molecule has 1 rings (SSSR count). The van der Waals surface area contributed by atoms with E-state index in [-0.39, 0.29) is 0 Å². The maximum atomic E-state index is 11.7. The van der Waals surface area contributed by atoms with Crippen LogP contribution in [0, 0.1) is 6.92 Å². The van der Waals surface area contributed by atoms with Crippen LogP contribution in [-0.2, 0) is 10.2 Å². The molecule has 0 aliphatic carbocycles. The predicted molar refractivity (Wildman–Crippen MR) is 69.0 cm³/mol. The zero-order chi connectivity index (χ0) is 13.2. The molecule has 7 heteroatoms. The third-order valence-corrected chi connectivity index (χ3v) is 3.95. The highest BCUT2D eigenvalue weighted by Gasteiger charge is 2.15. The van der Waals surface area contributed by atoms with Crippen molar-refractivity contribution >= 4 is 27.5 Å². The highest BCUT2D eigenvalue weighted by Crippen LogP contribution is 2.31. The number of halogens is 1. The van der Waals surface area contributed by atoms with Crippen LogP contribution in [0.3, 0.4) is 0 Å². The zero-order valence-corrected chi connectivity index (χ0v) is 11.7. The lowest BCUT2D eigenvalue weighted by molar-refractivity contribution is 0.415. The molecule has 0 aliphatic heterocycles. The maximum absolute atomic E-state index is 11.7. The SMILES string of the molecule is COc1cc(C)c(NS(=O)(=O)N(C)C)cc1Cl. The minimum absolute atomic E-state index is 0.356. The Hall–Kier alpha value is -0.980. The molecule has 0 bridgehead atoms. The summed E-state index contributed by atoms with van der Waals surface area (Å²) < 4.78 is 31.9. The molecule has 1 aromatic carbocycles. The topological polar surface area (TPSA) is 58.6 Å². The molecule has 5 nitrogen and oxygen atoms in total. The second-order valence-corrected chi connectivity index (χ2v) is 5.98. The Morgan fingerprint density at radius 3 is 2.41 bits per heavy atom. The molecule has 0 amide bonds. The highest BCUT2D eigenvalue weighted by atomic mass is 35.5. The first-order valence-corrected chi connectivity index (χ1v) is 6.64. The van der Waals surface area contributed by atoms with Gasteiger partial charge in [0, 0.05) is 14.1 Å². The number of methoxy groups -OCH3 is 1. The summed E-state index contributed by atoms with van der Waals surface area (Å²) in [5.41, 5.74) is 1.17. The third-order valence-electron chi connectivity index (χ3n) is 2.22. The van der Waals surface area contributed by atoms with Crippen molar-refractivity contribution in [3.63, 3.8) is 0 Å². The minimum atomic E-state index is -3.53. The average molecular weight is 279 g/mol. The molecule has 0 aromatic heterocycles. The molecule has 1 N–H and O–H groups in total. The van der Waals surface area contributed by atoms with E-state index in [1.54, 1.807) is 13.0 Å². The van der Waals surface area contributed by atoms with Crippen LogP contribution in [0.25, 0.3) is 0 Å². The van der Waals surface area contributed by atoms with Crippen molar-refractivity contribution in [2.45, 2.75) is 6.92 Å². The standard InChI is InChI=1S/C10H15ClN2O3S/c1-7-5-10(16-4)8(11)6-9(7)12-17(14,15)13(2)3/h5-6,12H,1-4H3. The number of nitrogens with zero attached hydrogens (tertiary/aromatic N) is 1. The van der Waals surface area contributed by atoms with Crippen LogP contribution in [0.4, 0.5) is 5.69 Å². The summed E-state index contributed by atoms with van der Waals surface area (Å²) in [7, 11) is 0.873. The fourth-order valence-electron chi connectivity index (χ4n) is 1.15. The molecule has 0 spiro atoms. The molecule has 0 atom stereocenters. The van der Waals surface area contributed by atoms with Gasteiger partial charge in [-0.3, -0.25) is 4.72 Å². The number of benzene rings is 1. The van der Waals surface area contributed by atoms with E-state index in [2.05, 4.69) is 4.72 Å². The quantitative estimate of drug-likeness (QED) is 0.915.